The minimum Gasteiger partial charge on any atom is -0.488 e. The lowest BCUT2D eigenvalue weighted by molar-refractivity contribution is -0.129. The molecular weight excluding hydrogens is 420 g/mol. The van der Waals surface area contributed by atoms with Crippen molar-refractivity contribution in [3.63, 3.8) is 0 Å². The maximum Gasteiger partial charge on any atom is 0.220 e. The lowest BCUT2D eigenvalue weighted by atomic mass is 10.0. The predicted molar refractivity (Wildman–Crippen MR) is 124 cm³/mol. The second-order valence-corrected chi connectivity index (χ2v) is 8.74. The van der Waals surface area contributed by atoms with Crippen LogP contribution in [0.2, 0.25) is 0 Å². The predicted octanol–water partition coefficient (Wildman–Crippen LogP) is 1.97. The molecule has 0 saturated carbocycles. The normalized spacial score (nSPS) is 19.6. The van der Waals surface area contributed by atoms with Gasteiger partial charge in [-0.3, -0.25) is 14.6 Å². The van der Waals surface area contributed by atoms with E-state index in [1.54, 1.807) is 17.6 Å². The molecule has 1 unspecified atom stereocenters. The Kier molecular flexibility index (Phi) is 5.62. The number of pyridine rings is 2. The molecule has 3 aromatic heterocycles. The molecule has 0 aromatic carbocycles. The van der Waals surface area contributed by atoms with Crippen LogP contribution in [-0.4, -0.2) is 70.1 Å². The number of rotatable bonds is 5. The first-order valence-corrected chi connectivity index (χ1v) is 11.4. The zero-order valence-electron chi connectivity index (χ0n) is 18.9. The van der Waals surface area contributed by atoms with Crippen LogP contribution in [0.5, 0.6) is 5.75 Å². The van der Waals surface area contributed by atoms with E-state index in [-0.39, 0.29) is 23.8 Å². The van der Waals surface area contributed by atoms with Crippen LogP contribution in [-0.2, 0) is 9.59 Å². The minimum atomic E-state index is -0.109. The van der Waals surface area contributed by atoms with Crippen LogP contribution in [0.15, 0.2) is 42.9 Å². The van der Waals surface area contributed by atoms with E-state index in [1.807, 2.05) is 42.4 Å². The largest absolute Gasteiger partial charge is 0.488 e. The molecule has 172 valence electrons. The van der Waals surface area contributed by atoms with Crippen molar-refractivity contribution >= 4 is 23.0 Å². The van der Waals surface area contributed by atoms with Crippen molar-refractivity contribution in [1.82, 2.24) is 24.8 Å². The van der Waals surface area contributed by atoms with Crippen molar-refractivity contribution in [2.24, 2.45) is 5.92 Å². The Balaban J connectivity index is 1.35. The van der Waals surface area contributed by atoms with E-state index in [0.29, 0.717) is 13.0 Å². The molecule has 2 saturated heterocycles. The summed E-state index contributed by atoms with van der Waals surface area (Å²) in [6, 6.07) is 7.98. The summed E-state index contributed by atoms with van der Waals surface area (Å²) in [5.41, 5.74) is 3.66. The van der Waals surface area contributed by atoms with Crippen molar-refractivity contribution in [3.05, 3.63) is 42.9 Å². The second-order valence-electron chi connectivity index (χ2n) is 8.74. The quantitative estimate of drug-likeness (QED) is 0.642. The van der Waals surface area contributed by atoms with Gasteiger partial charge in [0.25, 0.3) is 0 Å². The summed E-state index contributed by atoms with van der Waals surface area (Å²) in [6.07, 6.45) is 5.95. The smallest absolute Gasteiger partial charge is 0.220 e. The van der Waals surface area contributed by atoms with Crippen LogP contribution in [0, 0.1) is 5.92 Å². The molecule has 0 aliphatic carbocycles. The molecule has 2 aliphatic rings. The Morgan fingerprint density at radius 2 is 2.03 bits per heavy atom. The molecule has 0 bridgehead atoms. The number of nitrogens with zero attached hydrogens (tertiary/aromatic N) is 5. The van der Waals surface area contributed by atoms with E-state index in [2.05, 4.69) is 21.4 Å². The summed E-state index contributed by atoms with van der Waals surface area (Å²) >= 11 is 0. The fourth-order valence-electron chi connectivity index (χ4n) is 4.51. The van der Waals surface area contributed by atoms with Gasteiger partial charge < -0.3 is 19.9 Å². The Morgan fingerprint density at radius 1 is 1.21 bits per heavy atom. The Bertz CT molecular complexity index is 1170. The monoisotopic (exact) mass is 448 g/mol. The standard InChI is InChI=1S/C24H28N6O3/c1-16(18-12-24(32)26-13-18)33-23-11-19(15-30-22(23)5-6-27-30)21-4-3-20(14-25-21)29-9-7-28(8-10-29)17(2)31/h3-6,11,14-16,18H,7-10,12-13H2,1-2H3,(H,26,32)/t16-,18?/m1/s1. The maximum absolute atomic E-state index is 11.6. The molecule has 9 heteroatoms. The number of piperazine rings is 1. The number of aromatic nitrogens is 3. The number of hydrogen-bond donors (Lipinski definition) is 1. The summed E-state index contributed by atoms with van der Waals surface area (Å²) in [7, 11) is 0. The molecule has 2 amide bonds. The maximum atomic E-state index is 11.6. The number of ether oxygens (including phenoxy) is 1. The number of hydrogen-bond acceptors (Lipinski definition) is 6. The molecule has 2 atom stereocenters. The van der Waals surface area contributed by atoms with Crippen LogP contribution in [0.25, 0.3) is 16.8 Å². The zero-order valence-corrected chi connectivity index (χ0v) is 18.9. The third-order valence-corrected chi connectivity index (χ3v) is 6.59. The van der Waals surface area contributed by atoms with Gasteiger partial charge in [-0.2, -0.15) is 5.10 Å². The molecular formula is C24H28N6O3. The van der Waals surface area contributed by atoms with Gasteiger partial charge in [0.2, 0.25) is 11.8 Å². The van der Waals surface area contributed by atoms with Gasteiger partial charge in [0.05, 0.1) is 23.8 Å². The van der Waals surface area contributed by atoms with Crippen molar-refractivity contribution in [3.8, 4) is 17.0 Å². The molecule has 3 aromatic rings. The highest BCUT2D eigenvalue weighted by molar-refractivity contribution is 5.78. The molecule has 0 radical (unpaired) electrons. The van der Waals surface area contributed by atoms with E-state index in [1.165, 1.54) is 0 Å². The highest BCUT2D eigenvalue weighted by Crippen LogP contribution is 2.30. The van der Waals surface area contributed by atoms with Crippen molar-refractivity contribution < 1.29 is 14.3 Å². The Morgan fingerprint density at radius 3 is 2.70 bits per heavy atom. The number of fused-ring (bicyclic) bond motifs is 1. The van der Waals surface area contributed by atoms with Crippen LogP contribution in [0.3, 0.4) is 0 Å². The van der Waals surface area contributed by atoms with Gasteiger partial charge in [-0.25, -0.2) is 4.52 Å². The summed E-state index contributed by atoms with van der Waals surface area (Å²) in [4.78, 5) is 32.0. The van der Waals surface area contributed by atoms with Gasteiger partial charge in [0.1, 0.15) is 17.4 Å². The third-order valence-electron chi connectivity index (χ3n) is 6.59. The summed E-state index contributed by atoms with van der Waals surface area (Å²) in [6.45, 7) is 7.32. The van der Waals surface area contributed by atoms with Crippen LogP contribution in [0.1, 0.15) is 20.3 Å². The Labute approximate surface area is 192 Å². The Hall–Kier alpha value is -3.62. The van der Waals surface area contributed by atoms with E-state index >= 15 is 0 Å². The molecule has 9 nitrogen and oxygen atoms in total. The molecule has 2 fully saturated rings. The molecule has 0 spiro atoms. The topological polar surface area (TPSA) is 92.1 Å². The lowest BCUT2D eigenvalue weighted by Crippen LogP contribution is -2.48. The summed E-state index contributed by atoms with van der Waals surface area (Å²) in [5.74, 6) is 1.07. The SMILES string of the molecule is CC(=O)N1CCN(c2ccc(-c3cc(O[C@H](C)C4CNC(=O)C4)c4ccnn4c3)nc2)CC1. The molecule has 33 heavy (non-hydrogen) atoms. The van der Waals surface area contributed by atoms with Gasteiger partial charge in [-0.15, -0.1) is 0 Å². The fourth-order valence-corrected chi connectivity index (χ4v) is 4.51. The van der Waals surface area contributed by atoms with Gasteiger partial charge in [0.15, 0.2) is 0 Å². The fraction of sp³-hybridized carbons (Fsp3) is 0.417. The van der Waals surface area contributed by atoms with E-state index in [4.69, 9.17) is 9.72 Å². The first kappa shape index (κ1) is 21.2. The minimum absolute atomic E-state index is 0.0747. The lowest BCUT2D eigenvalue weighted by Gasteiger charge is -2.35. The number of amides is 2. The van der Waals surface area contributed by atoms with Crippen molar-refractivity contribution in [2.75, 3.05) is 37.6 Å². The van der Waals surface area contributed by atoms with Gasteiger partial charge >= 0.3 is 0 Å². The average molecular weight is 449 g/mol. The summed E-state index contributed by atoms with van der Waals surface area (Å²) < 4.78 is 8.10. The number of anilines is 1. The first-order valence-electron chi connectivity index (χ1n) is 11.4. The van der Waals surface area contributed by atoms with E-state index < -0.39 is 0 Å². The van der Waals surface area contributed by atoms with Crippen LogP contribution < -0.4 is 15.0 Å². The average Bonchev–Trinajstić information content (AvgIpc) is 3.48. The van der Waals surface area contributed by atoms with Gasteiger partial charge in [0, 0.05) is 63.7 Å². The number of nitrogens with one attached hydrogen (secondary N) is 1. The third kappa shape index (κ3) is 4.35. The highest BCUT2D eigenvalue weighted by Gasteiger charge is 2.28. The van der Waals surface area contributed by atoms with Crippen LogP contribution >= 0.6 is 0 Å². The second kappa shape index (κ2) is 8.73. The zero-order chi connectivity index (χ0) is 22.9. The van der Waals surface area contributed by atoms with Crippen LogP contribution in [0.4, 0.5) is 5.69 Å². The molecule has 5 rings (SSSR count). The summed E-state index contributed by atoms with van der Waals surface area (Å²) in [5, 5.41) is 7.27. The molecule has 5 heterocycles. The van der Waals surface area contributed by atoms with Gasteiger partial charge in [-0.05, 0) is 31.2 Å². The first-order chi connectivity index (χ1) is 16.0. The van der Waals surface area contributed by atoms with Crippen molar-refractivity contribution in [1.29, 1.82) is 0 Å². The van der Waals surface area contributed by atoms with E-state index in [0.717, 1.165) is 54.4 Å². The molecule has 2 aliphatic heterocycles. The van der Waals surface area contributed by atoms with Gasteiger partial charge in [-0.1, -0.05) is 0 Å². The highest BCUT2D eigenvalue weighted by atomic mass is 16.5. The van der Waals surface area contributed by atoms with E-state index in [9.17, 15) is 9.59 Å². The van der Waals surface area contributed by atoms with Crippen molar-refractivity contribution in [2.45, 2.75) is 26.4 Å². The number of carbonyl (C=O) groups excluding carboxylic acids is 2. The number of carbonyl (C=O) groups is 2. The molecule has 1 N–H and O–H groups in total.